The highest BCUT2D eigenvalue weighted by Crippen LogP contribution is 2.23. The van der Waals surface area contributed by atoms with E-state index in [-0.39, 0.29) is 11.6 Å². The molecule has 1 heterocycles. The van der Waals surface area contributed by atoms with E-state index in [1.807, 2.05) is 26.0 Å². The maximum atomic E-state index is 13.1. The number of ether oxygens (including phenoxy) is 1. The number of methoxy groups -OCH3 is 1. The van der Waals surface area contributed by atoms with Gasteiger partial charge in [-0.1, -0.05) is 0 Å². The molecule has 26 heavy (non-hydrogen) atoms. The first-order valence-electron chi connectivity index (χ1n) is 8.89. The zero-order chi connectivity index (χ0) is 18.7. The molecule has 0 radical (unpaired) electrons. The van der Waals surface area contributed by atoms with E-state index in [1.165, 1.54) is 12.1 Å². The van der Waals surface area contributed by atoms with Crippen LogP contribution < -0.4 is 9.64 Å². The fraction of sp³-hybridized carbons (Fsp3) is 0.381. The lowest BCUT2D eigenvalue weighted by Gasteiger charge is -2.35. The minimum atomic E-state index is -0.219. The molecule has 1 aliphatic heterocycles. The van der Waals surface area contributed by atoms with Crippen molar-refractivity contribution in [1.29, 1.82) is 0 Å². The molecule has 2 aromatic rings. The molecule has 1 aliphatic rings. The number of hydrogen-bond acceptors (Lipinski definition) is 4. The summed E-state index contributed by atoms with van der Waals surface area (Å²) in [6, 6.07) is 10.4. The van der Waals surface area contributed by atoms with Crippen molar-refractivity contribution in [3.05, 3.63) is 58.9 Å². The Bertz CT molecular complexity index is 781. The van der Waals surface area contributed by atoms with Crippen LogP contribution >= 0.6 is 0 Å². The molecule has 0 spiro atoms. The molecule has 3 rings (SSSR count). The van der Waals surface area contributed by atoms with Crippen LogP contribution in [0.3, 0.4) is 0 Å². The topological polar surface area (TPSA) is 32.8 Å². The van der Waals surface area contributed by atoms with Gasteiger partial charge in [0.05, 0.1) is 13.7 Å². The van der Waals surface area contributed by atoms with Gasteiger partial charge in [-0.15, -0.1) is 0 Å². The average molecular weight is 356 g/mol. The molecule has 1 saturated heterocycles. The molecular weight excluding hydrogens is 331 g/mol. The quantitative estimate of drug-likeness (QED) is 0.768. The van der Waals surface area contributed by atoms with Crippen LogP contribution in [0.5, 0.6) is 5.75 Å². The van der Waals surface area contributed by atoms with Gasteiger partial charge in [-0.05, 0) is 61.4 Å². The first-order chi connectivity index (χ1) is 12.5. The van der Waals surface area contributed by atoms with Gasteiger partial charge >= 0.3 is 0 Å². The van der Waals surface area contributed by atoms with Crippen LogP contribution in [0.25, 0.3) is 0 Å². The van der Waals surface area contributed by atoms with Crippen molar-refractivity contribution in [2.75, 3.05) is 44.7 Å². The summed E-state index contributed by atoms with van der Waals surface area (Å²) < 4.78 is 18.4. The van der Waals surface area contributed by atoms with Crippen molar-refractivity contribution in [2.24, 2.45) is 0 Å². The van der Waals surface area contributed by atoms with E-state index in [4.69, 9.17) is 4.74 Å². The van der Waals surface area contributed by atoms with Gasteiger partial charge in [0.1, 0.15) is 11.6 Å². The molecule has 0 bridgehead atoms. The third kappa shape index (κ3) is 4.05. The van der Waals surface area contributed by atoms with Crippen molar-refractivity contribution in [3.63, 3.8) is 0 Å². The zero-order valence-electron chi connectivity index (χ0n) is 15.6. The highest BCUT2D eigenvalue weighted by atomic mass is 19.1. The number of rotatable bonds is 5. The Kier molecular flexibility index (Phi) is 5.57. The summed E-state index contributed by atoms with van der Waals surface area (Å²) in [7, 11) is 1.64. The number of ketones is 1. The van der Waals surface area contributed by atoms with Gasteiger partial charge in [0.2, 0.25) is 0 Å². The van der Waals surface area contributed by atoms with Gasteiger partial charge in [0, 0.05) is 37.4 Å². The van der Waals surface area contributed by atoms with Gasteiger partial charge in [-0.25, -0.2) is 4.39 Å². The Balaban J connectivity index is 1.60. The van der Waals surface area contributed by atoms with E-state index < -0.39 is 0 Å². The molecule has 2 aromatic carbocycles. The third-order valence-corrected chi connectivity index (χ3v) is 4.97. The van der Waals surface area contributed by atoms with Gasteiger partial charge in [-0.3, -0.25) is 9.69 Å². The van der Waals surface area contributed by atoms with Crippen LogP contribution in [0.15, 0.2) is 36.4 Å². The zero-order valence-corrected chi connectivity index (χ0v) is 15.6. The number of nitrogens with zero attached hydrogens (tertiary/aromatic N) is 2. The first-order valence-corrected chi connectivity index (χ1v) is 8.89. The Morgan fingerprint density at radius 1 is 1.04 bits per heavy atom. The second kappa shape index (κ2) is 7.87. The number of aryl methyl sites for hydroxylation is 2. The van der Waals surface area contributed by atoms with E-state index in [2.05, 4.69) is 9.80 Å². The van der Waals surface area contributed by atoms with Crippen molar-refractivity contribution >= 4 is 11.5 Å². The number of benzene rings is 2. The number of carbonyl (C=O) groups excluding carboxylic acids is 1. The van der Waals surface area contributed by atoms with Crippen LogP contribution in [0.4, 0.5) is 10.1 Å². The highest BCUT2D eigenvalue weighted by molar-refractivity contribution is 5.99. The summed E-state index contributed by atoms with van der Waals surface area (Å²) in [6.07, 6.45) is 0. The average Bonchev–Trinajstić information content (AvgIpc) is 2.64. The molecular formula is C21H25FN2O2. The summed E-state index contributed by atoms with van der Waals surface area (Å²) in [5, 5.41) is 0. The Hall–Kier alpha value is -2.40. The molecule has 0 aliphatic carbocycles. The molecule has 138 valence electrons. The van der Waals surface area contributed by atoms with Gasteiger partial charge < -0.3 is 9.64 Å². The standard InChI is InChI=1S/C21H25FN2O2/c1-15-13-21(26-3)16(2)12-19(15)20(25)14-23-8-10-24(11-9-23)18-6-4-17(22)5-7-18/h4-7,12-13H,8-11,14H2,1-3H3. The summed E-state index contributed by atoms with van der Waals surface area (Å²) in [5.74, 6) is 0.735. The fourth-order valence-electron chi connectivity index (χ4n) is 3.41. The monoisotopic (exact) mass is 356 g/mol. The summed E-state index contributed by atoms with van der Waals surface area (Å²) in [5.41, 5.74) is 3.72. The molecule has 0 amide bonds. The molecule has 0 saturated carbocycles. The lowest BCUT2D eigenvalue weighted by atomic mass is 10.0. The number of Topliss-reactive ketones (excluding diaryl/α,β-unsaturated/α-hetero) is 1. The second-order valence-corrected chi connectivity index (χ2v) is 6.80. The Morgan fingerprint density at radius 2 is 1.69 bits per heavy atom. The number of carbonyl (C=O) groups is 1. The maximum absolute atomic E-state index is 13.1. The Morgan fingerprint density at radius 3 is 2.31 bits per heavy atom. The molecule has 0 N–H and O–H groups in total. The molecule has 4 nitrogen and oxygen atoms in total. The van der Waals surface area contributed by atoms with Crippen LogP contribution in [-0.2, 0) is 0 Å². The van der Waals surface area contributed by atoms with Crippen molar-refractivity contribution in [2.45, 2.75) is 13.8 Å². The third-order valence-electron chi connectivity index (χ3n) is 4.97. The molecule has 1 fully saturated rings. The SMILES string of the molecule is COc1cc(C)c(C(=O)CN2CCN(c3ccc(F)cc3)CC2)cc1C. The van der Waals surface area contributed by atoms with Crippen molar-refractivity contribution in [3.8, 4) is 5.75 Å². The van der Waals surface area contributed by atoms with E-state index in [9.17, 15) is 9.18 Å². The predicted molar refractivity (Wildman–Crippen MR) is 102 cm³/mol. The van der Waals surface area contributed by atoms with E-state index in [0.29, 0.717) is 6.54 Å². The minimum absolute atomic E-state index is 0.142. The van der Waals surface area contributed by atoms with Crippen molar-refractivity contribution < 1.29 is 13.9 Å². The minimum Gasteiger partial charge on any atom is -0.496 e. The van der Waals surface area contributed by atoms with Crippen LogP contribution in [-0.4, -0.2) is 50.5 Å². The van der Waals surface area contributed by atoms with Gasteiger partial charge in [0.25, 0.3) is 0 Å². The largest absolute Gasteiger partial charge is 0.496 e. The van der Waals surface area contributed by atoms with Crippen molar-refractivity contribution in [1.82, 2.24) is 4.90 Å². The molecule has 0 atom stereocenters. The molecule has 0 aromatic heterocycles. The number of hydrogen-bond donors (Lipinski definition) is 0. The fourth-order valence-corrected chi connectivity index (χ4v) is 3.41. The molecule has 5 heteroatoms. The summed E-state index contributed by atoms with van der Waals surface area (Å²) >= 11 is 0. The number of anilines is 1. The lowest BCUT2D eigenvalue weighted by Crippen LogP contribution is -2.48. The normalized spacial score (nSPS) is 15.2. The van der Waals surface area contributed by atoms with E-state index >= 15 is 0 Å². The lowest BCUT2D eigenvalue weighted by molar-refractivity contribution is 0.0925. The maximum Gasteiger partial charge on any atom is 0.177 e. The van der Waals surface area contributed by atoms with Crippen LogP contribution in [0.1, 0.15) is 21.5 Å². The predicted octanol–water partition coefficient (Wildman–Crippen LogP) is 3.46. The van der Waals surface area contributed by atoms with Gasteiger partial charge in [-0.2, -0.15) is 0 Å². The Labute approximate surface area is 154 Å². The number of piperazine rings is 1. The summed E-state index contributed by atoms with van der Waals surface area (Å²) in [6.45, 7) is 7.62. The van der Waals surface area contributed by atoms with Crippen LogP contribution in [0.2, 0.25) is 0 Å². The highest BCUT2D eigenvalue weighted by Gasteiger charge is 2.21. The van der Waals surface area contributed by atoms with E-state index in [1.54, 1.807) is 19.2 Å². The summed E-state index contributed by atoms with van der Waals surface area (Å²) in [4.78, 5) is 17.1. The second-order valence-electron chi connectivity index (χ2n) is 6.80. The number of halogens is 1. The van der Waals surface area contributed by atoms with Gasteiger partial charge in [0.15, 0.2) is 5.78 Å². The smallest absolute Gasteiger partial charge is 0.177 e. The molecule has 0 unspecified atom stereocenters. The van der Waals surface area contributed by atoms with Crippen LogP contribution in [0, 0.1) is 19.7 Å². The first kappa shape index (κ1) is 18.4. The van der Waals surface area contributed by atoms with E-state index in [0.717, 1.165) is 54.3 Å².